The first-order valence-electron chi connectivity index (χ1n) is 7.37. The van der Waals surface area contributed by atoms with Crippen molar-refractivity contribution >= 4 is 54.8 Å². The number of nitrogens with one attached hydrogen (secondary N) is 1. The zero-order chi connectivity index (χ0) is 20.8. The van der Waals surface area contributed by atoms with Crippen molar-refractivity contribution in [2.24, 2.45) is 0 Å². The van der Waals surface area contributed by atoms with Gasteiger partial charge >= 0.3 is 6.18 Å². The molecule has 1 N–H and O–H groups in total. The van der Waals surface area contributed by atoms with Crippen LogP contribution in [0.1, 0.15) is 21.9 Å². The Morgan fingerprint density at radius 2 is 1.82 bits per heavy atom. The SMILES string of the molecule is Cc1cc(C(F)(F)F)n2nc(C(=O)Nc3c(Br)cc([N+](=O)[O-])cc3Br)cc2n1. The van der Waals surface area contributed by atoms with Gasteiger partial charge in [0.15, 0.2) is 11.3 Å². The van der Waals surface area contributed by atoms with Gasteiger partial charge in [-0.15, -0.1) is 0 Å². The summed E-state index contributed by atoms with van der Waals surface area (Å²) in [6, 6.07) is 4.30. The van der Waals surface area contributed by atoms with Crippen LogP contribution in [-0.2, 0) is 6.18 Å². The first-order chi connectivity index (χ1) is 13.0. The summed E-state index contributed by atoms with van der Waals surface area (Å²) < 4.78 is 40.6. The number of anilines is 1. The second-order valence-corrected chi connectivity index (χ2v) is 7.28. The average molecular weight is 523 g/mol. The van der Waals surface area contributed by atoms with Crippen LogP contribution in [0.5, 0.6) is 0 Å². The topological polar surface area (TPSA) is 102 Å². The molecule has 2 aromatic heterocycles. The molecule has 2 heterocycles. The molecule has 1 aromatic carbocycles. The smallest absolute Gasteiger partial charge is 0.319 e. The number of amides is 1. The number of alkyl halides is 3. The van der Waals surface area contributed by atoms with Crippen LogP contribution in [0.4, 0.5) is 24.5 Å². The van der Waals surface area contributed by atoms with E-state index < -0.39 is 22.7 Å². The first-order valence-corrected chi connectivity index (χ1v) is 8.95. The van der Waals surface area contributed by atoms with E-state index in [1.807, 2.05) is 0 Å². The van der Waals surface area contributed by atoms with Gasteiger partial charge in [0.2, 0.25) is 0 Å². The second-order valence-electron chi connectivity index (χ2n) is 5.58. The summed E-state index contributed by atoms with van der Waals surface area (Å²) in [7, 11) is 0. The molecule has 1 amide bonds. The number of carbonyl (C=O) groups is 1. The molecular formula is C15H8Br2F3N5O3. The molecule has 3 aromatic rings. The average Bonchev–Trinajstić information content (AvgIpc) is 2.99. The predicted molar refractivity (Wildman–Crippen MR) is 99.2 cm³/mol. The Bertz CT molecular complexity index is 1110. The number of aromatic nitrogens is 3. The molecule has 0 bridgehead atoms. The minimum absolute atomic E-state index is 0.118. The van der Waals surface area contributed by atoms with Crippen LogP contribution >= 0.6 is 31.9 Å². The van der Waals surface area contributed by atoms with E-state index in [0.717, 1.165) is 12.1 Å². The minimum Gasteiger partial charge on any atom is -0.319 e. The van der Waals surface area contributed by atoms with Crippen LogP contribution in [-0.4, -0.2) is 25.4 Å². The maximum Gasteiger partial charge on any atom is 0.433 e. The summed E-state index contributed by atoms with van der Waals surface area (Å²) in [5.41, 5.74) is -1.45. The summed E-state index contributed by atoms with van der Waals surface area (Å²) in [6.07, 6.45) is -4.68. The summed E-state index contributed by atoms with van der Waals surface area (Å²) in [4.78, 5) is 26.7. The standard InChI is InChI=1S/C15H8Br2F3N5O3/c1-6-2-11(15(18,19)20)24-12(21-6)5-10(23-24)14(26)22-13-8(16)3-7(25(27)28)4-9(13)17/h2-5H,1H3,(H,22,26). The molecule has 0 saturated carbocycles. The zero-order valence-electron chi connectivity index (χ0n) is 13.7. The molecular weight excluding hydrogens is 515 g/mol. The minimum atomic E-state index is -4.68. The highest BCUT2D eigenvalue weighted by atomic mass is 79.9. The van der Waals surface area contributed by atoms with E-state index in [9.17, 15) is 28.1 Å². The van der Waals surface area contributed by atoms with Gasteiger partial charge < -0.3 is 5.32 Å². The number of non-ortho nitro benzene ring substituents is 1. The third-order valence-electron chi connectivity index (χ3n) is 3.55. The van der Waals surface area contributed by atoms with Gasteiger partial charge in [-0.1, -0.05) is 0 Å². The normalized spacial score (nSPS) is 11.6. The van der Waals surface area contributed by atoms with E-state index in [1.54, 1.807) is 0 Å². The molecule has 0 aliphatic heterocycles. The maximum atomic E-state index is 13.2. The van der Waals surface area contributed by atoms with Gasteiger partial charge in [0.1, 0.15) is 5.69 Å². The van der Waals surface area contributed by atoms with E-state index in [4.69, 9.17) is 0 Å². The lowest BCUT2D eigenvalue weighted by atomic mass is 10.2. The Morgan fingerprint density at radius 3 is 2.36 bits per heavy atom. The molecule has 0 unspecified atom stereocenters. The lowest BCUT2D eigenvalue weighted by Crippen LogP contribution is -2.16. The molecule has 0 atom stereocenters. The maximum absolute atomic E-state index is 13.2. The third-order valence-corrected chi connectivity index (χ3v) is 4.81. The molecule has 28 heavy (non-hydrogen) atoms. The van der Waals surface area contributed by atoms with Crippen molar-refractivity contribution in [3.8, 4) is 0 Å². The van der Waals surface area contributed by atoms with Crippen LogP contribution in [0.25, 0.3) is 5.65 Å². The van der Waals surface area contributed by atoms with Crippen molar-refractivity contribution in [1.82, 2.24) is 14.6 Å². The van der Waals surface area contributed by atoms with E-state index >= 15 is 0 Å². The Labute approximate surface area is 171 Å². The molecule has 0 aliphatic carbocycles. The third kappa shape index (κ3) is 3.85. The van der Waals surface area contributed by atoms with Crippen LogP contribution in [0.2, 0.25) is 0 Å². The number of hydrogen-bond acceptors (Lipinski definition) is 5. The number of hydrogen-bond donors (Lipinski definition) is 1. The number of aryl methyl sites for hydroxylation is 1. The largest absolute Gasteiger partial charge is 0.433 e. The van der Waals surface area contributed by atoms with Gasteiger partial charge in [-0.05, 0) is 44.8 Å². The summed E-state index contributed by atoms with van der Waals surface area (Å²) >= 11 is 6.23. The van der Waals surface area contributed by atoms with Crippen molar-refractivity contribution in [1.29, 1.82) is 0 Å². The Morgan fingerprint density at radius 1 is 1.21 bits per heavy atom. The van der Waals surface area contributed by atoms with E-state index in [-0.39, 0.29) is 37.4 Å². The van der Waals surface area contributed by atoms with Crippen LogP contribution in [0.3, 0.4) is 0 Å². The summed E-state index contributed by atoms with van der Waals surface area (Å²) in [6.45, 7) is 1.40. The number of nitro groups is 1. The van der Waals surface area contributed by atoms with Gasteiger partial charge in [-0.25, -0.2) is 9.50 Å². The van der Waals surface area contributed by atoms with Gasteiger partial charge in [0.05, 0.1) is 10.6 Å². The molecule has 0 saturated heterocycles. The monoisotopic (exact) mass is 521 g/mol. The van der Waals surface area contributed by atoms with Crippen LogP contribution in [0, 0.1) is 17.0 Å². The molecule has 13 heteroatoms. The van der Waals surface area contributed by atoms with Crippen molar-refractivity contribution < 1.29 is 22.9 Å². The Balaban J connectivity index is 2.00. The lowest BCUT2D eigenvalue weighted by Gasteiger charge is -2.09. The molecule has 0 radical (unpaired) electrons. The molecule has 8 nitrogen and oxygen atoms in total. The predicted octanol–water partition coefficient (Wildman–Crippen LogP) is 4.74. The molecule has 3 rings (SSSR count). The van der Waals surface area contributed by atoms with Gasteiger partial charge in [0, 0.05) is 32.8 Å². The summed E-state index contributed by atoms with van der Waals surface area (Å²) in [5, 5.41) is 17.0. The van der Waals surface area contributed by atoms with E-state index in [2.05, 4.69) is 47.3 Å². The van der Waals surface area contributed by atoms with Crippen molar-refractivity contribution in [2.45, 2.75) is 13.1 Å². The highest BCUT2D eigenvalue weighted by Crippen LogP contribution is 2.35. The fourth-order valence-electron chi connectivity index (χ4n) is 2.38. The van der Waals surface area contributed by atoms with Gasteiger partial charge in [-0.2, -0.15) is 18.3 Å². The fraction of sp³-hybridized carbons (Fsp3) is 0.133. The molecule has 0 spiro atoms. The van der Waals surface area contributed by atoms with Crippen molar-refractivity contribution in [3.63, 3.8) is 0 Å². The Hall–Kier alpha value is -2.54. The lowest BCUT2D eigenvalue weighted by molar-refractivity contribution is -0.385. The van der Waals surface area contributed by atoms with E-state index in [1.165, 1.54) is 19.1 Å². The zero-order valence-corrected chi connectivity index (χ0v) is 16.9. The van der Waals surface area contributed by atoms with Crippen molar-refractivity contribution in [2.75, 3.05) is 5.32 Å². The number of halogens is 5. The van der Waals surface area contributed by atoms with Crippen LogP contribution in [0.15, 0.2) is 33.2 Å². The van der Waals surface area contributed by atoms with Gasteiger partial charge in [-0.3, -0.25) is 14.9 Å². The van der Waals surface area contributed by atoms with Gasteiger partial charge in [0.25, 0.3) is 11.6 Å². The number of fused-ring (bicyclic) bond motifs is 1. The number of nitro benzene ring substituents is 1. The number of benzene rings is 1. The molecule has 0 fully saturated rings. The van der Waals surface area contributed by atoms with Crippen LogP contribution < -0.4 is 5.32 Å². The number of nitrogens with zero attached hydrogens (tertiary/aromatic N) is 4. The second kappa shape index (κ2) is 7.13. The molecule has 0 aliphatic rings. The quantitative estimate of drug-likeness (QED) is 0.395. The van der Waals surface area contributed by atoms with Crippen molar-refractivity contribution in [3.05, 3.63) is 60.4 Å². The Kier molecular flexibility index (Phi) is 5.14. The number of rotatable bonds is 3. The summed E-state index contributed by atoms with van der Waals surface area (Å²) in [5.74, 6) is -0.813. The highest BCUT2D eigenvalue weighted by Gasteiger charge is 2.35. The first kappa shape index (κ1) is 20.2. The van der Waals surface area contributed by atoms with E-state index in [0.29, 0.717) is 4.52 Å². The number of carbonyl (C=O) groups excluding carboxylic acids is 1. The molecule has 146 valence electrons. The highest BCUT2D eigenvalue weighted by molar-refractivity contribution is 9.11. The fourth-order valence-corrected chi connectivity index (χ4v) is 3.74.